The van der Waals surface area contributed by atoms with Crippen molar-refractivity contribution in [3.8, 4) is 11.6 Å². The van der Waals surface area contributed by atoms with Crippen molar-refractivity contribution < 1.29 is 28.6 Å². The number of hydrogen-bond acceptors (Lipinski definition) is 7. The molecule has 150 valence electrons. The molecule has 0 atom stereocenters. The number of primary amides is 2. The Balaban J connectivity index is 1.91. The van der Waals surface area contributed by atoms with Crippen LogP contribution in [-0.2, 0) is 21.6 Å². The van der Waals surface area contributed by atoms with Gasteiger partial charge < -0.3 is 30.5 Å². The zero-order valence-corrected chi connectivity index (χ0v) is 15.6. The Labute approximate surface area is 165 Å². The summed E-state index contributed by atoms with van der Waals surface area (Å²) < 4.78 is 16.9. The van der Waals surface area contributed by atoms with Crippen molar-refractivity contribution in [2.75, 3.05) is 13.2 Å². The fourth-order valence-corrected chi connectivity index (χ4v) is 3.60. The van der Waals surface area contributed by atoms with Crippen molar-refractivity contribution in [2.24, 2.45) is 11.5 Å². The number of aromatic nitrogens is 1. The molecule has 1 aliphatic rings. The third-order valence-corrected chi connectivity index (χ3v) is 5.14. The number of nitrogens with two attached hydrogens (primary N) is 2. The number of benzene rings is 1. The maximum atomic E-state index is 12.4. The molecular formula is C20H19N3O6. The SMILES string of the molecule is Cc1oc2ccc(OCc3cccnc3O)c(C3(C(N)=O)COC3)c2c1C(N)=O. The summed E-state index contributed by atoms with van der Waals surface area (Å²) in [5.74, 6) is -0.825. The Hall–Kier alpha value is -3.59. The lowest BCUT2D eigenvalue weighted by atomic mass is 9.75. The number of ether oxygens (including phenoxy) is 2. The van der Waals surface area contributed by atoms with Crippen LogP contribution in [0.4, 0.5) is 0 Å². The monoisotopic (exact) mass is 397 g/mol. The average Bonchev–Trinajstić information content (AvgIpc) is 2.97. The molecular weight excluding hydrogens is 378 g/mol. The predicted molar refractivity (Wildman–Crippen MR) is 101 cm³/mol. The first-order valence-corrected chi connectivity index (χ1v) is 8.85. The van der Waals surface area contributed by atoms with Gasteiger partial charge in [-0.15, -0.1) is 0 Å². The molecule has 3 heterocycles. The highest BCUT2D eigenvalue weighted by Crippen LogP contribution is 2.45. The largest absolute Gasteiger partial charge is 0.493 e. The number of rotatable bonds is 6. The Morgan fingerprint density at radius 1 is 1.28 bits per heavy atom. The molecule has 1 saturated heterocycles. The molecule has 0 radical (unpaired) electrons. The van der Waals surface area contributed by atoms with Gasteiger partial charge in [0.15, 0.2) is 0 Å². The van der Waals surface area contributed by atoms with E-state index in [0.717, 1.165) is 0 Å². The van der Waals surface area contributed by atoms with Crippen LogP contribution in [0.25, 0.3) is 11.0 Å². The van der Waals surface area contributed by atoms with Crippen molar-refractivity contribution in [1.82, 2.24) is 4.98 Å². The average molecular weight is 397 g/mol. The lowest BCUT2D eigenvalue weighted by Crippen LogP contribution is -2.56. The second-order valence-electron chi connectivity index (χ2n) is 6.92. The Morgan fingerprint density at radius 3 is 2.62 bits per heavy atom. The minimum Gasteiger partial charge on any atom is -0.493 e. The molecule has 0 aliphatic carbocycles. The molecule has 9 heteroatoms. The van der Waals surface area contributed by atoms with Crippen molar-refractivity contribution in [2.45, 2.75) is 18.9 Å². The number of fused-ring (bicyclic) bond motifs is 1. The molecule has 0 unspecified atom stereocenters. The van der Waals surface area contributed by atoms with Gasteiger partial charge >= 0.3 is 0 Å². The van der Waals surface area contributed by atoms with Crippen LogP contribution < -0.4 is 16.2 Å². The summed E-state index contributed by atoms with van der Waals surface area (Å²) in [5.41, 5.74) is 11.5. The van der Waals surface area contributed by atoms with Gasteiger partial charge in [0.25, 0.3) is 5.91 Å². The number of carbonyl (C=O) groups is 2. The fraction of sp³-hybridized carbons (Fsp3) is 0.250. The van der Waals surface area contributed by atoms with Crippen LogP contribution in [0.2, 0.25) is 0 Å². The zero-order chi connectivity index (χ0) is 20.8. The van der Waals surface area contributed by atoms with E-state index in [2.05, 4.69) is 4.98 Å². The molecule has 1 fully saturated rings. The molecule has 9 nitrogen and oxygen atoms in total. The summed E-state index contributed by atoms with van der Waals surface area (Å²) in [4.78, 5) is 28.3. The van der Waals surface area contributed by atoms with E-state index in [0.29, 0.717) is 33.6 Å². The second-order valence-corrected chi connectivity index (χ2v) is 6.92. The van der Waals surface area contributed by atoms with Crippen molar-refractivity contribution in [1.29, 1.82) is 0 Å². The molecule has 0 bridgehead atoms. The van der Waals surface area contributed by atoms with Crippen LogP contribution in [0.1, 0.15) is 27.2 Å². The van der Waals surface area contributed by atoms with E-state index in [1.54, 1.807) is 31.2 Å². The Bertz CT molecular complexity index is 1130. The quantitative estimate of drug-likeness (QED) is 0.566. The van der Waals surface area contributed by atoms with Gasteiger partial charge in [-0.1, -0.05) is 0 Å². The number of nitrogens with zero attached hydrogens (tertiary/aromatic N) is 1. The van der Waals surface area contributed by atoms with E-state index >= 15 is 0 Å². The lowest BCUT2D eigenvalue weighted by Gasteiger charge is -2.40. The number of furan rings is 1. The maximum absolute atomic E-state index is 12.4. The van der Waals surface area contributed by atoms with Crippen LogP contribution in [0.15, 0.2) is 34.9 Å². The van der Waals surface area contributed by atoms with Gasteiger partial charge in [0.2, 0.25) is 11.8 Å². The zero-order valence-electron chi connectivity index (χ0n) is 15.6. The van der Waals surface area contributed by atoms with E-state index < -0.39 is 17.2 Å². The summed E-state index contributed by atoms with van der Waals surface area (Å²) >= 11 is 0. The standard InChI is InChI=1S/C20H19N3O6/c1-10-14(17(21)24)15-12(29-10)4-5-13(16(15)20(19(22)26)8-27-9-20)28-7-11-3-2-6-23-18(11)25/h2-6H,7-9H2,1H3,(H2,21,24)(H2,22,26)(H,23,25). The molecule has 4 rings (SSSR count). The highest BCUT2D eigenvalue weighted by atomic mass is 16.5. The molecule has 2 amide bonds. The molecule has 1 aromatic carbocycles. The van der Waals surface area contributed by atoms with E-state index in [9.17, 15) is 14.7 Å². The molecule has 29 heavy (non-hydrogen) atoms. The van der Waals surface area contributed by atoms with Gasteiger partial charge in [-0.25, -0.2) is 4.98 Å². The van der Waals surface area contributed by atoms with Crippen LogP contribution in [0, 0.1) is 6.92 Å². The summed E-state index contributed by atoms with van der Waals surface area (Å²) in [6.07, 6.45) is 1.46. The predicted octanol–water partition coefficient (Wildman–Crippen LogP) is 1.27. The van der Waals surface area contributed by atoms with E-state index in [1.807, 2.05) is 0 Å². The molecule has 2 aromatic heterocycles. The van der Waals surface area contributed by atoms with Crippen LogP contribution in [0.3, 0.4) is 0 Å². The first-order chi connectivity index (χ1) is 13.8. The van der Waals surface area contributed by atoms with Crippen LogP contribution in [0.5, 0.6) is 11.6 Å². The molecule has 1 aliphatic heterocycles. The summed E-state index contributed by atoms with van der Waals surface area (Å²) in [6, 6.07) is 6.58. The van der Waals surface area contributed by atoms with Crippen LogP contribution >= 0.6 is 0 Å². The first kappa shape index (κ1) is 18.8. The Kier molecular flexibility index (Phi) is 4.39. The van der Waals surface area contributed by atoms with Gasteiger partial charge in [-0.2, -0.15) is 0 Å². The fourth-order valence-electron chi connectivity index (χ4n) is 3.60. The lowest BCUT2D eigenvalue weighted by molar-refractivity contribution is -0.141. The number of aromatic hydroxyl groups is 1. The molecule has 3 aromatic rings. The smallest absolute Gasteiger partial charge is 0.252 e. The molecule has 5 N–H and O–H groups in total. The molecule has 0 spiro atoms. The summed E-state index contributed by atoms with van der Waals surface area (Å²) in [5, 5.41) is 10.3. The number of carbonyl (C=O) groups excluding carboxylic acids is 2. The van der Waals surface area contributed by atoms with Crippen molar-refractivity contribution >= 4 is 22.8 Å². The van der Waals surface area contributed by atoms with E-state index in [-0.39, 0.29) is 31.3 Å². The van der Waals surface area contributed by atoms with E-state index in [4.69, 9.17) is 25.4 Å². The van der Waals surface area contributed by atoms with E-state index in [1.165, 1.54) is 6.20 Å². The number of aryl methyl sites for hydroxylation is 1. The number of hydrogen-bond donors (Lipinski definition) is 3. The topological polar surface area (TPSA) is 151 Å². The molecule has 0 saturated carbocycles. The first-order valence-electron chi connectivity index (χ1n) is 8.85. The summed E-state index contributed by atoms with van der Waals surface area (Å²) in [6.45, 7) is 1.68. The highest BCUT2D eigenvalue weighted by molar-refractivity contribution is 6.10. The van der Waals surface area contributed by atoms with Gasteiger partial charge in [-0.05, 0) is 31.2 Å². The van der Waals surface area contributed by atoms with Gasteiger partial charge in [0.05, 0.1) is 24.3 Å². The normalized spacial score (nSPS) is 15.1. The van der Waals surface area contributed by atoms with Crippen molar-refractivity contribution in [3.05, 3.63) is 52.9 Å². The third-order valence-electron chi connectivity index (χ3n) is 5.14. The number of pyridine rings is 1. The van der Waals surface area contributed by atoms with Crippen LogP contribution in [-0.4, -0.2) is 35.1 Å². The minimum atomic E-state index is -1.19. The summed E-state index contributed by atoms with van der Waals surface area (Å²) in [7, 11) is 0. The van der Waals surface area contributed by atoms with Crippen molar-refractivity contribution in [3.63, 3.8) is 0 Å². The maximum Gasteiger partial charge on any atom is 0.252 e. The second kappa shape index (κ2) is 6.78. The Morgan fingerprint density at radius 2 is 2.03 bits per heavy atom. The van der Waals surface area contributed by atoms with Gasteiger partial charge in [-0.3, -0.25) is 9.59 Å². The number of amides is 2. The highest BCUT2D eigenvalue weighted by Gasteiger charge is 2.50. The third kappa shape index (κ3) is 2.87. The van der Waals surface area contributed by atoms with Gasteiger partial charge in [0.1, 0.15) is 29.1 Å². The van der Waals surface area contributed by atoms with Gasteiger partial charge in [0, 0.05) is 17.1 Å². The minimum absolute atomic E-state index is 0.0172.